The third-order valence-electron chi connectivity index (χ3n) is 4.02. The number of carbonyl (C=O) groups excluding carboxylic acids is 1. The molecule has 3 nitrogen and oxygen atoms in total. The van der Waals surface area contributed by atoms with Gasteiger partial charge in [0.1, 0.15) is 0 Å². The molecule has 2 N–H and O–H groups in total. The Labute approximate surface area is 113 Å². The van der Waals surface area contributed by atoms with Crippen molar-refractivity contribution in [3.8, 4) is 0 Å². The number of aromatic nitrogens is 1. The molecule has 0 spiro atoms. The van der Waals surface area contributed by atoms with E-state index in [4.69, 9.17) is 0 Å². The first-order chi connectivity index (χ1) is 9.25. The van der Waals surface area contributed by atoms with E-state index in [1.165, 1.54) is 12.8 Å². The van der Waals surface area contributed by atoms with Gasteiger partial charge in [0.05, 0.1) is 0 Å². The van der Waals surface area contributed by atoms with Crippen molar-refractivity contribution in [2.24, 2.45) is 0 Å². The molecule has 3 heteroatoms. The molecule has 0 bridgehead atoms. The van der Waals surface area contributed by atoms with Crippen LogP contribution in [0.3, 0.4) is 0 Å². The zero-order valence-corrected chi connectivity index (χ0v) is 11.3. The van der Waals surface area contributed by atoms with Gasteiger partial charge in [0.25, 0.3) is 0 Å². The van der Waals surface area contributed by atoms with Crippen LogP contribution in [-0.4, -0.2) is 23.4 Å². The Morgan fingerprint density at radius 2 is 2.16 bits per heavy atom. The van der Waals surface area contributed by atoms with Gasteiger partial charge in [0, 0.05) is 34.6 Å². The van der Waals surface area contributed by atoms with E-state index in [9.17, 15) is 4.79 Å². The van der Waals surface area contributed by atoms with E-state index in [-0.39, 0.29) is 5.78 Å². The molecule has 0 amide bonds. The minimum absolute atomic E-state index is 0.259. The summed E-state index contributed by atoms with van der Waals surface area (Å²) in [7, 11) is 0. The van der Waals surface area contributed by atoms with E-state index < -0.39 is 0 Å². The summed E-state index contributed by atoms with van der Waals surface area (Å²) in [6.45, 7) is 3.03. The number of hydrogen-bond donors (Lipinski definition) is 2. The summed E-state index contributed by atoms with van der Waals surface area (Å²) < 4.78 is 0. The van der Waals surface area contributed by atoms with Crippen molar-refractivity contribution in [1.29, 1.82) is 0 Å². The SMILES string of the molecule is Cc1[nH]c2ccccc2c1C(=O)CC1CCCCN1. The van der Waals surface area contributed by atoms with Crippen LogP contribution in [-0.2, 0) is 0 Å². The highest BCUT2D eigenvalue weighted by Gasteiger charge is 2.21. The number of H-pyrrole nitrogens is 1. The first kappa shape index (κ1) is 12.4. The Morgan fingerprint density at radius 3 is 2.95 bits per heavy atom. The summed E-state index contributed by atoms with van der Waals surface area (Å²) in [5.41, 5.74) is 2.92. The van der Waals surface area contributed by atoms with Crippen molar-refractivity contribution in [2.75, 3.05) is 6.54 Å². The molecule has 1 atom stereocenters. The third kappa shape index (κ3) is 2.43. The van der Waals surface area contributed by atoms with Gasteiger partial charge in [-0.25, -0.2) is 0 Å². The van der Waals surface area contributed by atoms with Gasteiger partial charge < -0.3 is 10.3 Å². The zero-order valence-electron chi connectivity index (χ0n) is 11.3. The Balaban J connectivity index is 1.86. The fourth-order valence-corrected chi connectivity index (χ4v) is 3.06. The normalized spacial score (nSPS) is 19.7. The third-order valence-corrected chi connectivity index (χ3v) is 4.02. The van der Waals surface area contributed by atoms with Crippen LogP contribution in [0.5, 0.6) is 0 Å². The molecule has 2 aromatic rings. The average Bonchev–Trinajstić information content (AvgIpc) is 2.75. The van der Waals surface area contributed by atoms with E-state index in [1.807, 2.05) is 31.2 Å². The van der Waals surface area contributed by atoms with Crippen molar-refractivity contribution in [3.05, 3.63) is 35.5 Å². The number of carbonyl (C=O) groups is 1. The molecule has 1 aromatic carbocycles. The first-order valence-corrected chi connectivity index (χ1v) is 7.09. The van der Waals surface area contributed by atoms with Gasteiger partial charge in [-0.05, 0) is 32.4 Å². The Kier molecular flexibility index (Phi) is 3.38. The predicted octanol–water partition coefficient (Wildman–Crippen LogP) is 3.19. The lowest BCUT2D eigenvalue weighted by atomic mass is 9.96. The van der Waals surface area contributed by atoms with E-state index in [0.29, 0.717) is 12.5 Å². The zero-order chi connectivity index (χ0) is 13.2. The van der Waals surface area contributed by atoms with Crippen LogP contribution in [0.4, 0.5) is 0 Å². The van der Waals surface area contributed by atoms with Gasteiger partial charge in [-0.1, -0.05) is 24.6 Å². The fraction of sp³-hybridized carbons (Fsp3) is 0.438. The van der Waals surface area contributed by atoms with Crippen LogP contribution in [0.25, 0.3) is 10.9 Å². The highest BCUT2D eigenvalue weighted by Crippen LogP contribution is 2.24. The Bertz CT molecular complexity index is 594. The van der Waals surface area contributed by atoms with Crippen LogP contribution < -0.4 is 5.32 Å². The quantitative estimate of drug-likeness (QED) is 0.828. The topological polar surface area (TPSA) is 44.9 Å². The lowest BCUT2D eigenvalue weighted by Crippen LogP contribution is -2.35. The van der Waals surface area contributed by atoms with Crippen LogP contribution >= 0.6 is 0 Å². The van der Waals surface area contributed by atoms with Crippen molar-refractivity contribution < 1.29 is 4.79 Å². The highest BCUT2D eigenvalue weighted by molar-refractivity contribution is 6.09. The van der Waals surface area contributed by atoms with E-state index in [0.717, 1.165) is 35.1 Å². The average molecular weight is 256 g/mol. The molecule has 0 radical (unpaired) electrons. The number of rotatable bonds is 3. The first-order valence-electron chi connectivity index (χ1n) is 7.09. The highest BCUT2D eigenvalue weighted by atomic mass is 16.1. The molecule has 1 aromatic heterocycles. The standard InChI is InChI=1S/C16H20N2O/c1-11-16(13-7-2-3-8-14(13)18-11)15(19)10-12-6-4-5-9-17-12/h2-3,7-8,12,17-18H,4-6,9-10H2,1H3. The van der Waals surface area contributed by atoms with Crippen molar-refractivity contribution in [3.63, 3.8) is 0 Å². The fourth-order valence-electron chi connectivity index (χ4n) is 3.06. The molecule has 19 heavy (non-hydrogen) atoms. The number of hydrogen-bond acceptors (Lipinski definition) is 2. The van der Waals surface area contributed by atoms with E-state index >= 15 is 0 Å². The van der Waals surface area contributed by atoms with Gasteiger partial charge in [-0.3, -0.25) is 4.79 Å². The summed E-state index contributed by atoms with van der Waals surface area (Å²) >= 11 is 0. The molecule has 3 rings (SSSR count). The van der Waals surface area contributed by atoms with Gasteiger partial charge >= 0.3 is 0 Å². The number of fused-ring (bicyclic) bond motifs is 1. The molecule has 0 saturated carbocycles. The molecule has 1 unspecified atom stereocenters. The van der Waals surface area contributed by atoms with Crippen molar-refractivity contribution >= 4 is 16.7 Å². The lowest BCUT2D eigenvalue weighted by molar-refractivity contribution is 0.0965. The number of Topliss-reactive ketones (excluding diaryl/α,β-unsaturated/α-hetero) is 1. The summed E-state index contributed by atoms with van der Waals surface area (Å²) in [5, 5.41) is 4.50. The molecule has 1 aliphatic rings. The number of piperidine rings is 1. The van der Waals surface area contributed by atoms with Crippen LogP contribution in [0, 0.1) is 6.92 Å². The lowest BCUT2D eigenvalue weighted by Gasteiger charge is -2.22. The number of aryl methyl sites for hydroxylation is 1. The number of para-hydroxylation sites is 1. The van der Waals surface area contributed by atoms with E-state index in [1.54, 1.807) is 0 Å². The van der Waals surface area contributed by atoms with Crippen LogP contribution in [0.2, 0.25) is 0 Å². The molecule has 1 fully saturated rings. The molecular weight excluding hydrogens is 236 g/mol. The smallest absolute Gasteiger partial charge is 0.166 e. The maximum Gasteiger partial charge on any atom is 0.166 e. The molecule has 1 saturated heterocycles. The molecule has 2 heterocycles. The van der Waals surface area contributed by atoms with Crippen molar-refractivity contribution in [1.82, 2.24) is 10.3 Å². The second kappa shape index (κ2) is 5.17. The Hall–Kier alpha value is -1.61. The predicted molar refractivity (Wildman–Crippen MR) is 77.6 cm³/mol. The van der Waals surface area contributed by atoms with Gasteiger partial charge in [0.15, 0.2) is 5.78 Å². The maximum atomic E-state index is 12.5. The minimum atomic E-state index is 0.259. The molecule has 100 valence electrons. The second-order valence-electron chi connectivity index (χ2n) is 5.44. The second-order valence-corrected chi connectivity index (χ2v) is 5.44. The van der Waals surface area contributed by atoms with Crippen LogP contribution in [0.15, 0.2) is 24.3 Å². The summed E-state index contributed by atoms with van der Waals surface area (Å²) in [4.78, 5) is 15.9. The van der Waals surface area contributed by atoms with E-state index in [2.05, 4.69) is 10.3 Å². The monoisotopic (exact) mass is 256 g/mol. The summed E-state index contributed by atoms with van der Waals surface area (Å²) in [6, 6.07) is 8.40. The Morgan fingerprint density at radius 1 is 1.32 bits per heavy atom. The van der Waals surface area contributed by atoms with Gasteiger partial charge in [0.2, 0.25) is 0 Å². The van der Waals surface area contributed by atoms with Crippen LogP contribution in [0.1, 0.15) is 41.7 Å². The molecular formula is C16H20N2O. The molecule has 0 aliphatic carbocycles. The van der Waals surface area contributed by atoms with Gasteiger partial charge in [-0.2, -0.15) is 0 Å². The number of aromatic amines is 1. The summed E-state index contributed by atoms with van der Waals surface area (Å²) in [5.74, 6) is 0.259. The number of nitrogens with one attached hydrogen (secondary N) is 2. The number of ketones is 1. The summed E-state index contributed by atoms with van der Waals surface area (Å²) in [6.07, 6.45) is 4.20. The maximum absolute atomic E-state index is 12.5. The van der Waals surface area contributed by atoms with Crippen molar-refractivity contribution in [2.45, 2.75) is 38.6 Å². The largest absolute Gasteiger partial charge is 0.358 e. The minimum Gasteiger partial charge on any atom is -0.358 e. The van der Waals surface area contributed by atoms with Gasteiger partial charge in [-0.15, -0.1) is 0 Å². The molecule has 1 aliphatic heterocycles. The number of benzene rings is 1.